The van der Waals surface area contributed by atoms with Crippen molar-refractivity contribution in [2.45, 2.75) is 4.90 Å². The van der Waals surface area contributed by atoms with E-state index in [2.05, 4.69) is 9.71 Å². The third-order valence-corrected chi connectivity index (χ3v) is 5.40. The maximum absolute atomic E-state index is 12.8. The third-order valence-electron chi connectivity index (χ3n) is 3.78. The second-order valence-electron chi connectivity index (χ2n) is 5.54. The Morgan fingerprint density at radius 2 is 1.70 bits per heavy atom. The molecule has 1 N–H and O–H groups in total. The van der Waals surface area contributed by atoms with Crippen LogP contribution in [0.15, 0.2) is 71.9 Å². The zero-order valence-corrected chi connectivity index (χ0v) is 15.8. The van der Waals surface area contributed by atoms with Crippen LogP contribution in [0.25, 0.3) is 0 Å². The van der Waals surface area contributed by atoms with Crippen LogP contribution in [0.1, 0.15) is 15.9 Å². The van der Waals surface area contributed by atoms with Crippen molar-refractivity contribution in [2.24, 2.45) is 0 Å². The second kappa shape index (κ2) is 7.77. The highest BCUT2D eigenvalue weighted by Gasteiger charge is 2.20. The van der Waals surface area contributed by atoms with E-state index >= 15 is 0 Å². The average molecular weight is 403 g/mol. The van der Waals surface area contributed by atoms with E-state index in [1.807, 2.05) is 0 Å². The molecule has 0 aliphatic rings. The van der Waals surface area contributed by atoms with Crippen molar-refractivity contribution in [3.63, 3.8) is 0 Å². The molecular formula is C19H15ClN2O4S. The largest absolute Gasteiger partial charge is 0.497 e. The lowest BCUT2D eigenvalue weighted by Crippen LogP contribution is -2.16. The molecule has 2 aromatic carbocycles. The number of anilines is 1. The van der Waals surface area contributed by atoms with Crippen LogP contribution >= 0.6 is 11.6 Å². The summed E-state index contributed by atoms with van der Waals surface area (Å²) in [4.78, 5) is 16.7. The lowest BCUT2D eigenvalue weighted by molar-refractivity contribution is 0.103. The van der Waals surface area contributed by atoms with Gasteiger partial charge < -0.3 is 4.74 Å². The van der Waals surface area contributed by atoms with Crippen molar-refractivity contribution >= 4 is 33.1 Å². The normalized spacial score (nSPS) is 11.0. The zero-order chi connectivity index (χ0) is 19.4. The maximum atomic E-state index is 12.8. The predicted molar refractivity (Wildman–Crippen MR) is 103 cm³/mol. The fourth-order valence-electron chi connectivity index (χ4n) is 2.41. The van der Waals surface area contributed by atoms with Gasteiger partial charge in [0.05, 0.1) is 17.7 Å². The van der Waals surface area contributed by atoms with Gasteiger partial charge in [0.2, 0.25) is 0 Å². The van der Waals surface area contributed by atoms with Gasteiger partial charge in [0.25, 0.3) is 10.0 Å². The van der Waals surface area contributed by atoms with Gasteiger partial charge in [-0.25, -0.2) is 8.42 Å². The van der Waals surface area contributed by atoms with Crippen molar-refractivity contribution in [3.05, 3.63) is 83.1 Å². The van der Waals surface area contributed by atoms with Crippen LogP contribution in [0.4, 0.5) is 5.69 Å². The molecule has 6 nitrogen and oxygen atoms in total. The van der Waals surface area contributed by atoms with Gasteiger partial charge in [0, 0.05) is 28.5 Å². The molecule has 0 spiro atoms. The van der Waals surface area contributed by atoms with Crippen LogP contribution in [-0.2, 0) is 10.0 Å². The summed E-state index contributed by atoms with van der Waals surface area (Å²) < 4.78 is 32.9. The van der Waals surface area contributed by atoms with E-state index in [0.29, 0.717) is 16.3 Å². The number of aromatic nitrogens is 1. The Morgan fingerprint density at radius 3 is 2.33 bits per heavy atom. The summed E-state index contributed by atoms with van der Waals surface area (Å²) in [5, 5.41) is 0.319. The first-order valence-electron chi connectivity index (χ1n) is 7.82. The number of ether oxygens (including phenoxy) is 1. The summed E-state index contributed by atoms with van der Waals surface area (Å²) in [6.45, 7) is 0. The van der Waals surface area contributed by atoms with Crippen LogP contribution in [-0.4, -0.2) is 26.3 Å². The number of halogens is 1. The Labute approximate surface area is 161 Å². The Kier molecular flexibility index (Phi) is 5.43. The molecule has 0 radical (unpaired) electrons. The Morgan fingerprint density at radius 1 is 1.04 bits per heavy atom. The highest BCUT2D eigenvalue weighted by atomic mass is 35.5. The van der Waals surface area contributed by atoms with Crippen LogP contribution in [0, 0.1) is 0 Å². The van der Waals surface area contributed by atoms with E-state index in [0.717, 1.165) is 0 Å². The van der Waals surface area contributed by atoms with E-state index in [9.17, 15) is 13.2 Å². The van der Waals surface area contributed by atoms with E-state index in [1.165, 1.54) is 49.8 Å². The molecule has 1 aromatic heterocycles. The Hall–Kier alpha value is -2.90. The van der Waals surface area contributed by atoms with Crippen LogP contribution < -0.4 is 9.46 Å². The minimum absolute atomic E-state index is 0.0422. The first kappa shape index (κ1) is 18.9. The van der Waals surface area contributed by atoms with Gasteiger partial charge in [-0.1, -0.05) is 11.6 Å². The Bertz CT molecular complexity index is 1070. The number of hydrogen-bond donors (Lipinski definition) is 1. The molecule has 138 valence electrons. The molecule has 0 amide bonds. The molecule has 27 heavy (non-hydrogen) atoms. The summed E-state index contributed by atoms with van der Waals surface area (Å²) in [6, 6.07) is 13.4. The van der Waals surface area contributed by atoms with Gasteiger partial charge in [0.15, 0.2) is 5.78 Å². The van der Waals surface area contributed by atoms with E-state index in [4.69, 9.17) is 16.3 Å². The maximum Gasteiger partial charge on any atom is 0.261 e. The van der Waals surface area contributed by atoms with Crippen LogP contribution in [0.2, 0.25) is 5.02 Å². The van der Waals surface area contributed by atoms with Crippen LogP contribution in [0.3, 0.4) is 0 Å². The van der Waals surface area contributed by atoms with Gasteiger partial charge >= 0.3 is 0 Å². The average Bonchev–Trinajstić information content (AvgIpc) is 2.69. The topological polar surface area (TPSA) is 85.4 Å². The molecule has 0 saturated heterocycles. The van der Waals surface area contributed by atoms with E-state index < -0.39 is 10.0 Å². The highest BCUT2D eigenvalue weighted by Crippen LogP contribution is 2.26. The highest BCUT2D eigenvalue weighted by molar-refractivity contribution is 7.92. The molecule has 1 heterocycles. The van der Waals surface area contributed by atoms with Gasteiger partial charge in [-0.05, 0) is 54.6 Å². The monoisotopic (exact) mass is 402 g/mol. The van der Waals surface area contributed by atoms with E-state index in [-0.39, 0.29) is 21.9 Å². The number of hydrogen-bond acceptors (Lipinski definition) is 5. The van der Waals surface area contributed by atoms with Gasteiger partial charge in [0.1, 0.15) is 5.75 Å². The molecule has 0 atom stereocenters. The second-order valence-corrected chi connectivity index (χ2v) is 7.65. The fourth-order valence-corrected chi connectivity index (χ4v) is 3.66. The van der Waals surface area contributed by atoms with Crippen molar-refractivity contribution in [2.75, 3.05) is 11.8 Å². The number of methoxy groups -OCH3 is 1. The predicted octanol–water partition coefficient (Wildman–Crippen LogP) is 3.78. The standard InChI is InChI=1S/C19H15ClN2O4S/c1-26-15-3-5-16(6-4-15)27(24,25)22-18-7-2-14(20)12-17(18)19(23)13-8-10-21-11-9-13/h2-12,22H,1H3. The summed E-state index contributed by atoms with van der Waals surface area (Å²) >= 11 is 6.01. The lowest BCUT2D eigenvalue weighted by atomic mass is 10.0. The first-order chi connectivity index (χ1) is 12.9. The summed E-state index contributed by atoms with van der Waals surface area (Å²) in [6.07, 6.45) is 2.97. The Balaban J connectivity index is 1.98. The van der Waals surface area contributed by atoms with Crippen molar-refractivity contribution < 1.29 is 17.9 Å². The molecular weight excluding hydrogens is 388 g/mol. The molecule has 0 aliphatic heterocycles. The van der Waals surface area contributed by atoms with Crippen molar-refractivity contribution in [1.82, 2.24) is 4.98 Å². The molecule has 0 unspecified atom stereocenters. The molecule has 0 saturated carbocycles. The van der Waals surface area contributed by atoms with Crippen LogP contribution in [0.5, 0.6) is 5.75 Å². The zero-order valence-electron chi connectivity index (χ0n) is 14.2. The first-order valence-corrected chi connectivity index (χ1v) is 9.68. The van der Waals surface area contributed by atoms with Crippen molar-refractivity contribution in [3.8, 4) is 5.75 Å². The number of nitrogens with one attached hydrogen (secondary N) is 1. The number of nitrogens with zero attached hydrogens (tertiary/aromatic N) is 1. The summed E-state index contributed by atoms with van der Waals surface area (Å²) in [5.41, 5.74) is 0.653. The number of sulfonamides is 1. The van der Waals surface area contributed by atoms with Gasteiger partial charge in [-0.15, -0.1) is 0 Å². The number of carbonyl (C=O) groups excluding carboxylic acids is 1. The minimum atomic E-state index is -3.90. The molecule has 0 fully saturated rings. The molecule has 0 aliphatic carbocycles. The number of pyridine rings is 1. The third kappa shape index (κ3) is 4.27. The SMILES string of the molecule is COc1ccc(S(=O)(=O)Nc2ccc(Cl)cc2C(=O)c2ccncc2)cc1. The fraction of sp³-hybridized carbons (Fsp3) is 0.0526. The molecule has 3 aromatic rings. The number of carbonyl (C=O) groups is 1. The lowest BCUT2D eigenvalue weighted by Gasteiger charge is -2.13. The van der Waals surface area contributed by atoms with E-state index in [1.54, 1.807) is 24.3 Å². The summed E-state index contributed by atoms with van der Waals surface area (Å²) in [5.74, 6) is 0.168. The molecule has 8 heteroatoms. The number of benzene rings is 2. The number of rotatable bonds is 6. The molecule has 3 rings (SSSR count). The van der Waals surface area contributed by atoms with Gasteiger partial charge in [-0.3, -0.25) is 14.5 Å². The quantitative estimate of drug-likeness (QED) is 0.634. The number of ketones is 1. The van der Waals surface area contributed by atoms with Crippen molar-refractivity contribution in [1.29, 1.82) is 0 Å². The summed E-state index contributed by atoms with van der Waals surface area (Å²) in [7, 11) is -2.41. The molecule has 0 bridgehead atoms. The minimum Gasteiger partial charge on any atom is -0.497 e. The smallest absolute Gasteiger partial charge is 0.261 e. The van der Waals surface area contributed by atoms with Gasteiger partial charge in [-0.2, -0.15) is 0 Å².